The highest BCUT2D eigenvalue weighted by atomic mass is 19.1. The smallest absolute Gasteiger partial charge is 0.260 e. The van der Waals surface area contributed by atoms with E-state index in [4.69, 9.17) is 4.74 Å². The molecule has 4 atom stereocenters. The lowest BCUT2D eigenvalue weighted by molar-refractivity contribution is -0.111. The number of halogens is 1. The second-order valence-electron chi connectivity index (χ2n) is 9.90. The molecule has 3 aliphatic rings. The third-order valence-electron chi connectivity index (χ3n) is 7.26. The van der Waals surface area contributed by atoms with Crippen molar-refractivity contribution in [2.75, 3.05) is 18.5 Å². The molecule has 0 saturated carbocycles. The van der Waals surface area contributed by atoms with Gasteiger partial charge in [-0.15, -0.1) is 0 Å². The van der Waals surface area contributed by atoms with Crippen LogP contribution in [0.4, 0.5) is 10.1 Å². The van der Waals surface area contributed by atoms with Crippen molar-refractivity contribution in [3.63, 3.8) is 0 Å². The second kappa shape index (κ2) is 9.10. The predicted molar refractivity (Wildman–Crippen MR) is 131 cm³/mol. The number of nitrogens with zero attached hydrogens (tertiary/aromatic N) is 1. The van der Waals surface area contributed by atoms with Crippen molar-refractivity contribution >= 4 is 22.7 Å². The molecule has 1 fully saturated rings. The van der Waals surface area contributed by atoms with Crippen molar-refractivity contribution in [2.45, 2.75) is 50.3 Å². The highest BCUT2D eigenvalue weighted by Gasteiger charge is 2.46. The largest absolute Gasteiger partial charge is 0.482 e. The first-order chi connectivity index (χ1) is 17.1. The number of carbonyl (C=O) groups excluding carboxylic acids is 1. The number of aliphatic hydroxyl groups is 4. The zero-order valence-electron chi connectivity index (χ0n) is 20.0. The number of hydrogen-bond acceptors (Lipinski definition) is 7. The Morgan fingerprint density at radius 3 is 2.28 bits per heavy atom. The minimum Gasteiger partial charge on any atom is -0.482 e. The van der Waals surface area contributed by atoms with Crippen molar-refractivity contribution in [3.05, 3.63) is 76.8 Å². The van der Waals surface area contributed by atoms with Crippen LogP contribution in [-0.2, 0) is 16.1 Å². The van der Waals surface area contributed by atoms with Crippen LogP contribution in [0.15, 0.2) is 54.3 Å². The van der Waals surface area contributed by atoms with Gasteiger partial charge in [-0.25, -0.2) is 4.39 Å². The van der Waals surface area contributed by atoms with Gasteiger partial charge in [0.05, 0.1) is 43.1 Å². The number of nitrogens with one attached hydrogen (secondary N) is 1. The lowest BCUT2D eigenvalue weighted by Gasteiger charge is -2.28. The van der Waals surface area contributed by atoms with E-state index in [0.29, 0.717) is 29.1 Å². The third-order valence-corrected chi connectivity index (χ3v) is 7.26. The van der Waals surface area contributed by atoms with Crippen molar-refractivity contribution in [1.82, 2.24) is 4.90 Å². The topological polar surface area (TPSA) is 122 Å². The first-order valence-corrected chi connectivity index (χ1v) is 11.8. The fourth-order valence-electron chi connectivity index (χ4n) is 5.36. The van der Waals surface area contributed by atoms with E-state index in [0.717, 1.165) is 16.7 Å². The van der Waals surface area contributed by atoms with E-state index < -0.39 is 35.7 Å². The Balaban J connectivity index is 1.44. The summed E-state index contributed by atoms with van der Waals surface area (Å²) in [6.45, 7) is 3.42. The van der Waals surface area contributed by atoms with Gasteiger partial charge in [-0.2, -0.15) is 0 Å². The van der Waals surface area contributed by atoms with Crippen LogP contribution in [0, 0.1) is 5.82 Å². The van der Waals surface area contributed by atoms with Crippen LogP contribution >= 0.6 is 0 Å². The molecule has 3 aliphatic heterocycles. The fraction of sp³-hybridized carbons (Fsp3) is 0.370. The first-order valence-electron chi connectivity index (χ1n) is 11.8. The molecular formula is C27H29FN2O6. The molecular weight excluding hydrogens is 467 g/mol. The Morgan fingerprint density at radius 2 is 1.67 bits per heavy atom. The summed E-state index contributed by atoms with van der Waals surface area (Å²) < 4.78 is 20.1. The van der Waals surface area contributed by atoms with Gasteiger partial charge in [0, 0.05) is 23.4 Å². The first kappa shape index (κ1) is 24.6. The minimum atomic E-state index is -1.15. The molecule has 0 spiro atoms. The summed E-state index contributed by atoms with van der Waals surface area (Å²) in [5.74, 6) is -0.413. The molecule has 5 N–H and O–H groups in total. The Kier molecular flexibility index (Phi) is 6.22. The van der Waals surface area contributed by atoms with E-state index in [9.17, 15) is 29.6 Å². The summed E-state index contributed by atoms with van der Waals surface area (Å²) >= 11 is 0. The number of carbonyl (C=O) groups is 1. The number of amides is 1. The molecule has 3 heterocycles. The zero-order chi connectivity index (χ0) is 25.8. The predicted octanol–water partition coefficient (Wildman–Crippen LogP) is 1.64. The standard InChI is InChI=1S/C27H29FN2O6/c1-27(2)18(10-22(36-27)23-17-9-16(28)7-8-19(17)29-26(23)35)15-5-3-14(4-6-15)11-30-20(12-31)24(33)25(34)21(30)13-32/h3-10,20-21,24-25,31-34H,11-13H2,1-2H3,(H,29,35)/t20-,21+,24-,25-/m1/s1. The normalized spacial score (nSPS) is 29.2. The number of ether oxygens (including phenoxy) is 1. The molecule has 0 aliphatic carbocycles. The number of likely N-dealkylation sites (tertiary alicyclic amines) is 1. The van der Waals surface area contributed by atoms with Crippen molar-refractivity contribution in [2.24, 2.45) is 0 Å². The van der Waals surface area contributed by atoms with Crippen LogP contribution < -0.4 is 5.32 Å². The van der Waals surface area contributed by atoms with Crippen LogP contribution in [0.5, 0.6) is 0 Å². The van der Waals surface area contributed by atoms with Crippen molar-refractivity contribution in [3.8, 4) is 0 Å². The molecule has 1 amide bonds. The Morgan fingerprint density at radius 1 is 1.03 bits per heavy atom. The third kappa shape index (κ3) is 4.03. The summed E-state index contributed by atoms with van der Waals surface area (Å²) in [5, 5.41) is 42.6. The van der Waals surface area contributed by atoms with Gasteiger partial charge in [-0.05, 0) is 49.2 Å². The maximum Gasteiger partial charge on any atom is 0.260 e. The van der Waals surface area contributed by atoms with Crippen molar-refractivity contribution in [1.29, 1.82) is 0 Å². The molecule has 5 rings (SSSR count). The molecule has 8 nitrogen and oxygen atoms in total. The van der Waals surface area contributed by atoms with Gasteiger partial charge in [0.2, 0.25) is 0 Å². The van der Waals surface area contributed by atoms with Gasteiger partial charge < -0.3 is 30.5 Å². The Bertz CT molecular complexity index is 1240. The highest BCUT2D eigenvalue weighted by molar-refractivity contribution is 6.32. The molecule has 2 aromatic rings. The highest BCUT2D eigenvalue weighted by Crippen LogP contribution is 2.44. The summed E-state index contributed by atoms with van der Waals surface area (Å²) in [7, 11) is 0. The number of aliphatic hydroxyl groups excluding tert-OH is 4. The number of anilines is 1. The molecule has 190 valence electrons. The summed E-state index contributed by atoms with van der Waals surface area (Å²) in [6, 6.07) is 10.4. The number of benzene rings is 2. The van der Waals surface area contributed by atoms with Gasteiger partial charge in [0.25, 0.3) is 5.91 Å². The summed E-state index contributed by atoms with van der Waals surface area (Å²) in [5.41, 5.74) is 3.14. The number of rotatable bonds is 5. The zero-order valence-corrected chi connectivity index (χ0v) is 20.0. The maximum atomic E-state index is 13.9. The van der Waals surface area contributed by atoms with Crippen LogP contribution in [0.1, 0.15) is 30.5 Å². The van der Waals surface area contributed by atoms with Gasteiger partial charge in [0.15, 0.2) is 0 Å². The Hall–Kier alpha value is -3.08. The fourth-order valence-corrected chi connectivity index (χ4v) is 5.36. The van der Waals surface area contributed by atoms with Gasteiger partial charge in [-0.1, -0.05) is 24.3 Å². The van der Waals surface area contributed by atoms with E-state index in [-0.39, 0.29) is 19.1 Å². The molecule has 1 saturated heterocycles. The minimum absolute atomic E-state index is 0.292. The van der Waals surface area contributed by atoms with Crippen LogP contribution in [0.3, 0.4) is 0 Å². The molecule has 0 radical (unpaired) electrons. The number of fused-ring (bicyclic) bond motifs is 1. The molecule has 0 aromatic heterocycles. The molecule has 0 bridgehead atoms. The summed E-state index contributed by atoms with van der Waals surface area (Å²) in [4.78, 5) is 14.4. The SMILES string of the molecule is CC1(C)OC(=C2C(=O)Nc3ccc(F)cc32)C=C1c1ccc(CN2[C@H](CO)[C@@H](O)[C@H](O)[C@@H]2CO)cc1. The summed E-state index contributed by atoms with van der Waals surface area (Å²) in [6.07, 6.45) is -0.488. The molecule has 0 unspecified atom stereocenters. The van der Waals surface area contributed by atoms with Gasteiger partial charge >= 0.3 is 0 Å². The Labute approximate surface area is 207 Å². The average molecular weight is 497 g/mol. The van der Waals surface area contributed by atoms with Crippen LogP contribution in [0.25, 0.3) is 11.1 Å². The van der Waals surface area contributed by atoms with Crippen molar-refractivity contribution < 1.29 is 34.3 Å². The molecule has 2 aromatic carbocycles. The number of allylic oxidation sites excluding steroid dienone is 1. The van der Waals surface area contributed by atoms with E-state index in [1.807, 2.05) is 38.1 Å². The average Bonchev–Trinajstić information content (AvgIpc) is 3.41. The molecule has 36 heavy (non-hydrogen) atoms. The lowest BCUT2D eigenvalue weighted by Crippen LogP contribution is -2.42. The maximum absolute atomic E-state index is 13.9. The van der Waals surface area contributed by atoms with Gasteiger partial charge in [0.1, 0.15) is 17.2 Å². The van der Waals surface area contributed by atoms with Crippen LogP contribution in [0.2, 0.25) is 0 Å². The quantitative estimate of drug-likeness (QED) is 0.399. The second-order valence-corrected chi connectivity index (χ2v) is 9.90. The van der Waals surface area contributed by atoms with E-state index in [1.165, 1.54) is 18.2 Å². The van der Waals surface area contributed by atoms with E-state index in [1.54, 1.807) is 11.0 Å². The van der Waals surface area contributed by atoms with Gasteiger partial charge in [-0.3, -0.25) is 9.69 Å². The van der Waals surface area contributed by atoms with E-state index >= 15 is 0 Å². The van der Waals surface area contributed by atoms with E-state index in [2.05, 4.69) is 5.32 Å². The number of hydrogen-bond donors (Lipinski definition) is 5. The monoisotopic (exact) mass is 496 g/mol. The van der Waals surface area contributed by atoms with Crippen LogP contribution in [-0.4, -0.2) is 74.3 Å². The lowest BCUT2D eigenvalue weighted by atomic mass is 9.91. The molecule has 9 heteroatoms.